The molecular formula is C12H14N6O3. The summed E-state index contributed by atoms with van der Waals surface area (Å²) in [6, 6.07) is 0.0199. The SMILES string of the molecule is Nc1ncnc2c1ncn2[C@H]1C=C[C@H](OCC(=O)NO)C1. The van der Waals surface area contributed by atoms with E-state index in [1.165, 1.54) is 11.8 Å². The minimum absolute atomic E-state index is 0.0199. The summed E-state index contributed by atoms with van der Waals surface area (Å²) in [5.41, 5.74) is 8.50. The van der Waals surface area contributed by atoms with Gasteiger partial charge in [0.1, 0.15) is 18.5 Å². The number of anilines is 1. The number of ether oxygens (including phenoxy) is 1. The zero-order valence-corrected chi connectivity index (χ0v) is 11.0. The largest absolute Gasteiger partial charge is 0.382 e. The molecule has 21 heavy (non-hydrogen) atoms. The van der Waals surface area contributed by atoms with E-state index in [1.807, 2.05) is 16.7 Å². The number of hydrogen-bond donors (Lipinski definition) is 3. The van der Waals surface area contributed by atoms with Gasteiger partial charge in [-0.15, -0.1) is 0 Å². The van der Waals surface area contributed by atoms with Gasteiger partial charge in [-0.3, -0.25) is 10.0 Å². The molecule has 4 N–H and O–H groups in total. The highest BCUT2D eigenvalue weighted by Crippen LogP contribution is 2.28. The molecule has 2 heterocycles. The Hall–Kier alpha value is -2.52. The Bertz CT molecular complexity index is 697. The van der Waals surface area contributed by atoms with Crippen molar-refractivity contribution in [3.8, 4) is 0 Å². The molecule has 9 heteroatoms. The molecule has 0 saturated heterocycles. The lowest BCUT2D eigenvalue weighted by atomic mass is 10.2. The highest BCUT2D eigenvalue weighted by molar-refractivity contribution is 5.81. The van der Waals surface area contributed by atoms with Crippen LogP contribution in [0.4, 0.5) is 5.82 Å². The van der Waals surface area contributed by atoms with Crippen molar-refractivity contribution in [3.05, 3.63) is 24.8 Å². The molecule has 3 rings (SSSR count). The van der Waals surface area contributed by atoms with Gasteiger partial charge in [-0.05, 0) is 0 Å². The van der Waals surface area contributed by atoms with Crippen molar-refractivity contribution < 1.29 is 14.7 Å². The lowest BCUT2D eigenvalue weighted by molar-refractivity contribution is -0.135. The number of carbonyl (C=O) groups is 1. The number of aromatic nitrogens is 4. The predicted octanol–water partition coefficient (Wildman–Crippen LogP) is -0.200. The molecule has 0 fully saturated rings. The molecule has 0 unspecified atom stereocenters. The number of fused-ring (bicyclic) bond motifs is 1. The number of carbonyl (C=O) groups excluding carboxylic acids is 1. The molecule has 0 radical (unpaired) electrons. The van der Waals surface area contributed by atoms with Crippen molar-refractivity contribution in [1.82, 2.24) is 25.0 Å². The summed E-state index contributed by atoms with van der Waals surface area (Å²) in [6.45, 7) is -0.196. The average Bonchev–Trinajstić information content (AvgIpc) is 3.11. The van der Waals surface area contributed by atoms with E-state index in [0.29, 0.717) is 23.4 Å². The monoisotopic (exact) mass is 290 g/mol. The summed E-state index contributed by atoms with van der Waals surface area (Å²) in [5.74, 6) is -0.242. The normalized spacial score (nSPS) is 21.0. The van der Waals surface area contributed by atoms with Crippen LogP contribution in [0.5, 0.6) is 0 Å². The third-order valence-electron chi connectivity index (χ3n) is 3.32. The van der Waals surface area contributed by atoms with Crippen LogP contribution >= 0.6 is 0 Å². The summed E-state index contributed by atoms with van der Waals surface area (Å²) in [4.78, 5) is 23.2. The molecule has 2 atom stereocenters. The van der Waals surface area contributed by atoms with E-state index >= 15 is 0 Å². The molecule has 1 aliphatic carbocycles. The standard InChI is InChI=1S/C12H14N6O3/c13-11-10-12(15-5-14-11)18(6-16-10)7-1-2-8(3-7)21-4-9(19)17-20/h1-2,5-8,20H,3-4H2,(H,17,19)(H2,13,14,15)/t7-,8-/m0/s1. The molecular weight excluding hydrogens is 276 g/mol. The first-order valence-electron chi connectivity index (χ1n) is 6.35. The molecule has 0 saturated carbocycles. The number of amides is 1. The Morgan fingerprint density at radius 3 is 3.14 bits per heavy atom. The first-order valence-corrected chi connectivity index (χ1v) is 6.35. The van der Waals surface area contributed by atoms with E-state index in [9.17, 15) is 4.79 Å². The van der Waals surface area contributed by atoms with Crippen LogP contribution < -0.4 is 11.2 Å². The summed E-state index contributed by atoms with van der Waals surface area (Å²) in [5, 5.41) is 8.42. The molecule has 0 aromatic carbocycles. The Labute approximate surface area is 119 Å². The van der Waals surface area contributed by atoms with Crippen LogP contribution in [0.3, 0.4) is 0 Å². The number of hydroxylamine groups is 1. The third kappa shape index (κ3) is 2.56. The topological polar surface area (TPSA) is 128 Å². The molecule has 9 nitrogen and oxygen atoms in total. The van der Waals surface area contributed by atoms with E-state index in [1.54, 1.807) is 6.33 Å². The molecule has 110 valence electrons. The molecule has 0 aliphatic heterocycles. The van der Waals surface area contributed by atoms with E-state index < -0.39 is 5.91 Å². The number of nitrogens with one attached hydrogen (secondary N) is 1. The highest BCUT2D eigenvalue weighted by atomic mass is 16.5. The van der Waals surface area contributed by atoms with Gasteiger partial charge in [-0.2, -0.15) is 0 Å². The van der Waals surface area contributed by atoms with Gasteiger partial charge in [0.15, 0.2) is 11.5 Å². The lowest BCUT2D eigenvalue weighted by Crippen LogP contribution is -2.26. The fourth-order valence-corrected chi connectivity index (χ4v) is 2.30. The Morgan fingerprint density at radius 2 is 2.33 bits per heavy atom. The van der Waals surface area contributed by atoms with Gasteiger partial charge in [0, 0.05) is 6.42 Å². The number of nitrogens with two attached hydrogens (primary N) is 1. The summed E-state index contributed by atoms with van der Waals surface area (Å²) in [6.07, 6.45) is 7.33. The number of hydrogen-bond acceptors (Lipinski definition) is 7. The van der Waals surface area contributed by atoms with Gasteiger partial charge in [-0.25, -0.2) is 20.4 Å². The first-order chi connectivity index (χ1) is 10.2. The second-order valence-electron chi connectivity index (χ2n) is 4.66. The van der Waals surface area contributed by atoms with Crippen LogP contribution in [0.2, 0.25) is 0 Å². The van der Waals surface area contributed by atoms with Crippen LogP contribution in [0, 0.1) is 0 Å². The number of rotatable bonds is 4. The molecule has 0 spiro atoms. The van der Waals surface area contributed by atoms with Crippen molar-refractivity contribution >= 4 is 22.9 Å². The number of allylic oxidation sites excluding steroid dienone is 1. The second-order valence-corrected chi connectivity index (χ2v) is 4.66. The van der Waals surface area contributed by atoms with Gasteiger partial charge < -0.3 is 15.0 Å². The van der Waals surface area contributed by atoms with Crippen molar-refractivity contribution in [1.29, 1.82) is 0 Å². The number of nitrogens with zero attached hydrogens (tertiary/aromatic N) is 4. The van der Waals surface area contributed by atoms with E-state index in [2.05, 4.69) is 15.0 Å². The molecule has 0 bridgehead atoms. The van der Waals surface area contributed by atoms with Crippen molar-refractivity contribution in [2.75, 3.05) is 12.3 Å². The third-order valence-corrected chi connectivity index (χ3v) is 3.32. The second kappa shape index (κ2) is 5.46. The van der Waals surface area contributed by atoms with E-state index in [-0.39, 0.29) is 18.8 Å². The van der Waals surface area contributed by atoms with Gasteiger partial charge in [0.2, 0.25) is 0 Å². The average molecular weight is 290 g/mol. The van der Waals surface area contributed by atoms with Crippen LogP contribution in [-0.2, 0) is 9.53 Å². The maximum atomic E-state index is 10.9. The van der Waals surface area contributed by atoms with E-state index in [4.69, 9.17) is 15.7 Å². The Balaban J connectivity index is 1.72. The summed E-state index contributed by atoms with van der Waals surface area (Å²) >= 11 is 0. The highest BCUT2D eigenvalue weighted by Gasteiger charge is 2.23. The maximum Gasteiger partial charge on any atom is 0.269 e. The van der Waals surface area contributed by atoms with Crippen molar-refractivity contribution in [2.45, 2.75) is 18.6 Å². The Morgan fingerprint density at radius 1 is 1.48 bits per heavy atom. The van der Waals surface area contributed by atoms with Gasteiger partial charge >= 0.3 is 0 Å². The smallest absolute Gasteiger partial charge is 0.269 e. The zero-order chi connectivity index (χ0) is 14.8. The lowest BCUT2D eigenvalue weighted by Gasteiger charge is -2.14. The number of nitrogen functional groups attached to an aromatic ring is 1. The minimum atomic E-state index is -0.583. The van der Waals surface area contributed by atoms with Crippen LogP contribution in [0.15, 0.2) is 24.8 Å². The fraction of sp³-hybridized carbons (Fsp3) is 0.333. The summed E-state index contributed by atoms with van der Waals surface area (Å²) in [7, 11) is 0. The van der Waals surface area contributed by atoms with Crippen molar-refractivity contribution in [2.24, 2.45) is 0 Å². The van der Waals surface area contributed by atoms with Crippen LogP contribution in [0.25, 0.3) is 11.2 Å². The van der Waals surface area contributed by atoms with Crippen LogP contribution in [-0.4, -0.2) is 43.3 Å². The van der Waals surface area contributed by atoms with E-state index in [0.717, 1.165) is 0 Å². The fourth-order valence-electron chi connectivity index (χ4n) is 2.30. The zero-order valence-electron chi connectivity index (χ0n) is 11.0. The molecule has 1 amide bonds. The molecule has 2 aromatic heterocycles. The van der Waals surface area contributed by atoms with Crippen molar-refractivity contribution in [3.63, 3.8) is 0 Å². The predicted molar refractivity (Wildman–Crippen MR) is 72.2 cm³/mol. The minimum Gasteiger partial charge on any atom is -0.382 e. The maximum absolute atomic E-state index is 10.9. The van der Waals surface area contributed by atoms with Gasteiger partial charge in [0.25, 0.3) is 5.91 Å². The van der Waals surface area contributed by atoms with Gasteiger partial charge in [0.05, 0.1) is 18.5 Å². The molecule has 2 aromatic rings. The summed E-state index contributed by atoms with van der Waals surface area (Å²) < 4.78 is 7.26. The quantitative estimate of drug-likeness (QED) is 0.404. The number of imidazole rings is 1. The molecule has 1 aliphatic rings. The Kier molecular flexibility index (Phi) is 3.50. The van der Waals surface area contributed by atoms with Gasteiger partial charge in [-0.1, -0.05) is 12.2 Å². The first kappa shape index (κ1) is 13.5. The van der Waals surface area contributed by atoms with Crippen LogP contribution in [0.1, 0.15) is 12.5 Å².